The molecule has 0 aliphatic heterocycles. The number of rotatable bonds is 4. The molecule has 0 aromatic rings. The molecular formula is C13H27N. The van der Waals surface area contributed by atoms with E-state index >= 15 is 0 Å². The van der Waals surface area contributed by atoms with E-state index in [1.54, 1.807) is 0 Å². The topological polar surface area (TPSA) is 12.0 Å². The summed E-state index contributed by atoms with van der Waals surface area (Å²) in [6.07, 6.45) is 5.64. The molecule has 1 atom stereocenters. The maximum atomic E-state index is 3.68. The Labute approximate surface area is 89.7 Å². The summed E-state index contributed by atoms with van der Waals surface area (Å²) < 4.78 is 0. The maximum Gasteiger partial charge on any atom is 0.00967 e. The maximum absolute atomic E-state index is 3.68. The summed E-state index contributed by atoms with van der Waals surface area (Å²) >= 11 is 0. The summed E-state index contributed by atoms with van der Waals surface area (Å²) in [5.74, 6) is 0.881. The fourth-order valence-electron chi connectivity index (χ4n) is 2.35. The lowest BCUT2D eigenvalue weighted by atomic mass is 9.60. The van der Waals surface area contributed by atoms with Gasteiger partial charge in [-0.2, -0.15) is 0 Å². The van der Waals surface area contributed by atoms with Crippen LogP contribution in [0.1, 0.15) is 60.3 Å². The van der Waals surface area contributed by atoms with Crippen LogP contribution in [0.4, 0.5) is 0 Å². The van der Waals surface area contributed by atoms with Crippen LogP contribution in [0.15, 0.2) is 0 Å². The molecule has 14 heavy (non-hydrogen) atoms. The fourth-order valence-corrected chi connectivity index (χ4v) is 2.35. The second-order valence-electron chi connectivity index (χ2n) is 6.13. The molecule has 0 spiro atoms. The second kappa shape index (κ2) is 4.22. The lowest BCUT2D eigenvalue weighted by Gasteiger charge is -2.48. The SMILES string of the molecule is CCC(C)C1(CNC(C)(C)C)CCC1. The van der Waals surface area contributed by atoms with Gasteiger partial charge in [-0.05, 0) is 44.9 Å². The van der Waals surface area contributed by atoms with Crippen LogP contribution >= 0.6 is 0 Å². The Kier molecular flexibility index (Phi) is 3.63. The van der Waals surface area contributed by atoms with E-state index in [0.717, 1.165) is 5.92 Å². The monoisotopic (exact) mass is 197 g/mol. The largest absolute Gasteiger partial charge is 0.312 e. The van der Waals surface area contributed by atoms with Gasteiger partial charge in [-0.15, -0.1) is 0 Å². The van der Waals surface area contributed by atoms with Gasteiger partial charge in [0.15, 0.2) is 0 Å². The van der Waals surface area contributed by atoms with Gasteiger partial charge in [-0.25, -0.2) is 0 Å². The molecule has 1 saturated carbocycles. The highest BCUT2D eigenvalue weighted by Gasteiger charge is 2.41. The van der Waals surface area contributed by atoms with Crippen molar-refractivity contribution in [3.05, 3.63) is 0 Å². The lowest BCUT2D eigenvalue weighted by Crippen LogP contribution is -2.49. The van der Waals surface area contributed by atoms with Gasteiger partial charge in [0, 0.05) is 12.1 Å². The Hall–Kier alpha value is -0.0400. The van der Waals surface area contributed by atoms with E-state index in [2.05, 4.69) is 39.9 Å². The summed E-state index contributed by atoms with van der Waals surface area (Å²) in [5, 5.41) is 3.68. The molecule has 0 aromatic heterocycles. The molecule has 0 aromatic carbocycles. The molecular weight excluding hydrogens is 170 g/mol. The van der Waals surface area contributed by atoms with Crippen LogP contribution in [0.25, 0.3) is 0 Å². The van der Waals surface area contributed by atoms with E-state index in [-0.39, 0.29) is 5.54 Å². The average Bonchev–Trinajstić information content (AvgIpc) is 1.99. The first-order valence-electron chi connectivity index (χ1n) is 6.15. The molecule has 0 amide bonds. The molecule has 1 aliphatic carbocycles. The Morgan fingerprint density at radius 1 is 1.29 bits per heavy atom. The molecule has 1 fully saturated rings. The Morgan fingerprint density at radius 2 is 1.86 bits per heavy atom. The fraction of sp³-hybridized carbons (Fsp3) is 1.00. The number of hydrogen-bond donors (Lipinski definition) is 1. The van der Waals surface area contributed by atoms with E-state index in [9.17, 15) is 0 Å². The lowest BCUT2D eigenvalue weighted by molar-refractivity contribution is 0.0485. The van der Waals surface area contributed by atoms with Crippen LogP contribution < -0.4 is 5.32 Å². The Morgan fingerprint density at radius 3 is 2.14 bits per heavy atom. The van der Waals surface area contributed by atoms with Crippen molar-refractivity contribution in [2.45, 2.75) is 65.8 Å². The summed E-state index contributed by atoms with van der Waals surface area (Å²) in [7, 11) is 0. The van der Waals surface area contributed by atoms with Crippen molar-refractivity contribution in [3.63, 3.8) is 0 Å². The van der Waals surface area contributed by atoms with Crippen LogP contribution in [0, 0.1) is 11.3 Å². The normalized spacial score (nSPS) is 22.9. The zero-order valence-electron chi connectivity index (χ0n) is 10.6. The van der Waals surface area contributed by atoms with Crippen molar-refractivity contribution in [2.75, 3.05) is 6.54 Å². The van der Waals surface area contributed by atoms with Gasteiger partial charge in [0.2, 0.25) is 0 Å². The van der Waals surface area contributed by atoms with Crippen molar-refractivity contribution in [1.29, 1.82) is 0 Å². The molecule has 0 heterocycles. The van der Waals surface area contributed by atoms with Crippen molar-refractivity contribution < 1.29 is 0 Å². The zero-order chi connectivity index (χ0) is 10.8. The average molecular weight is 197 g/mol. The van der Waals surface area contributed by atoms with E-state index in [1.807, 2.05) is 0 Å². The van der Waals surface area contributed by atoms with E-state index in [4.69, 9.17) is 0 Å². The minimum Gasteiger partial charge on any atom is -0.312 e. The predicted molar refractivity (Wildman–Crippen MR) is 63.5 cm³/mol. The third-order valence-corrected chi connectivity index (χ3v) is 3.98. The quantitative estimate of drug-likeness (QED) is 0.726. The van der Waals surface area contributed by atoms with Crippen LogP contribution in [-0.2, 0) is 0 Å². The molecule has 0 saturated heterocycles. The standard InChI is InChI=1S/C13H27N/c1-6-11(2)13(8-7-9-13)10-14-12(3,4)5/h11,14H,6-10H2,1-5H3. The van der Waals surface area contributed by atoms with Crippen molar-refractivity contribution in [2.24, 2.45) is 11.3 Å². The molecule has 1 nitrogen and oxygen atoms in total. The highest BCUT2D eigenvalue weighted by molar-refractivity contribution is 4.94. The van der Waals surface area contributed by atoms with Gasteiger partial charge in [0.05, 0.1) is 0 Å². The minimum atomic E-state index is 0.274. The van der Waals surface area contributed by atoms with Gasteiger partial charge in [-0.3, -0.25) is 0 Å². The number of hydrogen-bond acceptors (Lipinski definition) is 1. The van der Waals surface area contributed by atoms with Crippen molar-refractivity contribution >= 4 is 0 Å². The van der Waals surface area contributed by atoms with E-state index < -0.39 is 0 Å². The molecule has 84 valence electrons. The molecule has 0 bridgehead atoms. The third kappa shape index (κ3) is 2.73. The molecule has 0 radical (unpaired) electrons. The molecule has 1 rings (SSSR count). The molecule has 1 aliphatic rings. The highest BCUT2D eigenvalue weighted by atomic mass is 15.0. The summed E-state index contributed by atoms with van der Waals surface area (Å²) in [4.78, 5) is 0. The van der Waals surface area contributed by atoms with Crippen LogP contribution in [-0.4, -0.2) is 12.1 Å². The van der Waals surface area contributed by atoms with Crippen LogP contribution in [0.3, 0.4) is 0 Å². The minimum absolute atomic E-state index is 0.274. The van der Waals surface area contributed by atoms with Crippen molar-refractivity contribution in [3.8, 4) is 0 Å². The molecule has 1 N–H and O–H groups in total. The van der Waals surface area contributed by atoms with Gasteiger partial charge in [0.1, 0.15) is 0 Å². The third-order valence-electron chi connectivity index (χ3n) is 3.98. The second-order valence-corrected chi connectivity index (χ2v) is 6.13. The predicted octanol–water partition coefficient (Wildman–Crippen LogP) is 3.59. The Balaban J connectivity index is 2.46. The summed E-state index contributed by atoms with van der Waals surface area (Å²) in [5.41, 5.74) is 0.901. The molecule has 1 unspecified atom stereocenters. The first-order valence-corrected chi connectivity index (χ1v) is 6.15. The summed E-state index contributed by atoms with van der Waals surface area (Å²) in [6, 6.07) is 0. The van der Waals surface area contributed by atoms with Gasteiger partial charge >= 0.3 is 0 Å². The Bertz CT molecular complexity index is 174. The van der Waals surface area contributed by atoms with Crippen LogP contribution in [0.2, 0.25) is 0 Å². The number of nitrogens with one attached hydrogen (secondary N) is 1. The smallest absolute Gasteiger partial charge is 0.00967 e. The van der Waals surface area contributed by atoms with E-state index in [0.29, 0.717) is 5.41 Å². The van der Waals surface area contributed by atoms with Gasteiger partial charge in [-0.1, -0.05) is 26.7 Å². The zero-order valence-corrected chi connectivity index (χ0v) is 10.6. The van der Waals surface area contributed by atoms with Crippen LogP contribution in [0.5, 0.6) is 0 Å². The van der Waals surface area contributed by atoms with Gasteiger partial charge < -0.3 is 5.32 Å². The highest BCUT2D eigenvalue weighted by Crippen LogP contribution is 2.47. The summed E-state index contributed by atoms with van der Waals surface area (Å²) in [6.45, 7) is 12.7. The first-order chi connectivity index (χ1) is 6.40. The van der Waals surface area contributed by atoms with Gasteiger partial charge in [0.25, 0.3) is 0 Å². The van der Waals surface area contributed by atoms with Crippen molar-refractivity contribution in [1.82, 2.24) is 5.32 Å². The first kappa shape index (κ1) is 12.0. The van der Waals surface area contributed by atoms with E-state index in [1.165, 1.54) is 32.2 Å². The molecule has 1 heteroatoms.